The summed E-state index contributed by atoms with van der Waals surface area (Å²) in [6, 6.07) is 13.2. The maximum atomic E-state index is 12.6. The third kappa shape index (κ3) is 3.33. The van der Waals surface area contributed by atoms with Crippen molar-refractivity contribution in [2.45, 2.75) is 24.8 Å². The molecule has 0 aliphatic rings. The molecule has 1 amide bonds. The molecule has 3 rings (SSSR count). The second-order valence-electron chi connectivity index (χ2n) is 6.19. The Morgan fingerprint density at radius 2 is 1.88 bits per heavy atom. The lowest BCUT2D eigenvalue weighted by molar-refractivity contribution is 0.101. The molecule has 7 nitrogen and oxygen atoms in total. The second kappa shape index (κ2) is 6.89. The number of benzene rings is 2. The van der Waals surface area contributed by atoms with Gasteiger partial charge in [0.15, 0.2) is 0 Å². The van der Waals surface area contributed by atoms with Gasteiger partial charge in [0.1, 0.15) is 6.33 Å². The van der Waals surface area contributed by atoms with Crippen LogP contribution in [0.25, 0.3) is 11.0 Å². The molecule has 0 fully saturated rings. The quantitative estimate of drug-likeness (QED) is 0.746. The van der Waals surface area contributed by atoms with E-state index in [0.29, 0.717) is 0 Å². The zero-order valence-corrected chi connectivity index (χ0v) is 15.6. The van der Waals surface area contributed by atoms with E-state index in [1.165, 1.54) is 34.5 Å². The predicted octanol–water partition coefficient (Wildman–Crippen LogP) is 2.45. The minimum absolute atomic E-state index is 0.0804. The molecule has 0 aliphatic carbocycles. The number of sulfonamides is 1. The molecule has 3 aromatic rings. The fourth-order valence-electron chi connectivity index (χ4n) is 2.46. The van der Waals surface area contributed by atoms with E-state index in [-0.39, 0.29) is 16.5 Å². The van der Waals surface area contributed by atoms with Crippen molar-refractivity contribution in [2.75, 3.05) is 12.5 Å². The highest BCUT2D eigenvalue weighted by molar-refractivity contribution is 7.89. The van der Waals surface area contributed by atoms with Gasteiger partial charge >= 0.3 is 0 Å². The van der Waals surface area contributed by atoms with Crippen LogP contribution in [0.4, 0.5) is 0 Å². The van der Waals surface area contributed by atoms with Gasteiger partial charge in [0.2, 0.25) is 10.0 Å². The first kappa shape index (κ1) is 18.1. The topological polar surface area (TPSA) is 84.3 Å². The summed E-state index contributed by atoms with van der Waals surface area (Å²) >= 11 is 0. The van der Waals surface area contributed by atoms with Crippen LogP contribution in [0.5, 0.6) is 0 Å². The van der Waals surface area contributed by atoms with Gasteiger partial charge in [-0.1, -0.05) is 18.2 Å². The fourth-order valence-corrected chi connectivity index (χ4v) is 3.88. The number of aromatic nitrogens is 2. The Morgan fingerprint density at radius 1 is 1.15 bits per heavy atom. The number of imidazole rings is 1. The summed E-state index contributed by atoms with van der Waals surface area (Å²) in [5, 5.41) is 0. The van der Waals surface area contributed by atoms with Crippen LogP contribution in [0.3, 0.4) is 0 Å². The molecule has 26 heavy (non-hydrogen) atoms. The lowest BCUT2D eigenvalue weighted by Crippen LogP contribution is -2.33. The van der Waals surface area contributed by atoms with Crippen molar-refractivity contribution in [2.24, 2.45) is 0 Å². The number of rotatable bonds is 5. The average molecular weight is 372 g/mol. The lowest BCUT2D eigenvalue weighted by atomic mass is 10.2. The van der Waals surface area contributed by atoms with Gasteiger partial charge in [-0.3, -0.25) is 10.2 Å². The maximum Gasteiger partial charge on any atom is 0.270 e. The highest BCUT2D eigenvalue weighted by Crippen LogP contribution is 2.18. The van der Waals surface area contributed by atoms with Crippen LogP contribution in [0.2, 0.25) is 0 Å². The largest absolute Gasteiger partial charge is 0.270 e. The first-order valence-corrected chi connectivity index (χ1v) is 9.56. The first-order chi connectivity index (χ1) is 12.3. The number of hydrogen-bond donors (Lipinski definition) is 1. The molecule has 8 heteroatoms. The van der Waals surface area contributed by atoms with Crippen LogP contribution in [-0.4, -0.2) is 41.4 Å². The van der Waals surface area contributed by atoms with Crippen LogP contribution < -0.4 is 5.43 Å². The Hall–Kier alpha value is -2.71. The van der Waals surface area contributed by atoms with Crippen LogP contribution in [-0.2, 0) is 10.0 Å². The molecule has 1 aromatic heterocycles. The molecular weight excluding hydrogens is 352 g/mol. The molecule has 2 aromatic carbocycles. The van der Waals surface area contributed by atoms with E-state index in [2.05, 4.69) is 10.4 Å². The summed E-state index contributed by atoms with van der Waals surface area (Å²) in [5.74, 6) is -0.419. The smallest absolute Gasteiger partial charge is 0.267 e. The summed E-state index contributed by atoms with van der Waals surface area (Å²) in [7, 11) is -2.14. The van der Waals surface area contributed by atoms with Gasteiger partial charge in [-0.15, -0.1) is 0 Å². The zero-order chi connectivity index (χ0) is 18.9. The van der Waals surface area contributed by atoms with E-state index in [1.807, 2.05) is 24.3 Å². The zero-order valence-electron chi connectivity index (χ0n) is 14.7. The normalized spacial score (nSPS) is 12.0. The number of amides is 1. The van der Waals surface area contributed by atoms with Crippen molar-refractivity contribution < 1.29 is 13.2 Å². The number of nitrogens with zero attached hydrogens (tertiary/aromatic N) is 3. The van der Waals surface area contributed by atoms with E-state index in [0.717, 1.165) is 11.0 Å². The molecule has 0 radical (unpaired) electrons. The number of carbonyl (C=O) groups is 1. The Labute approximate surface area is 152 Å². The predicted molar refractivity (Wildman–Crippen MR) is 100.0 cm³/mol. The summed E-state index contributed by atoms with van der Waals surface area (Å²) in [4.78, 5) is 16.9. The van der Waals surface area contributed by atoms with Crippen LogP contribution in [0.15, 0.2) is 59.8 Å². The van der Waals surface area contributed by atoms with Gasteiger partial charge in [0.25, 0.3) is 5.91 Å². The summed E-state index contributed by atoms with van der Waals surface area (Å²) in [6.45, 7) is 3.58. The fraction of sp³-hybridized carbons (Fsp3) is 0.222. The maximum absolute atomic E-state index is 12.6. The molecule has 0 saturated heterocycles. The Kier molecular flexibility index (Phi) is 4.80. The Morgan fingerprint density at radius 3 is 2.62 bits per heavy atom. The Balaban J connectivity index is 1.89. The van der Waals surface area contributed by atoms with Crippen molar-refractivity contribution >= 4 is 27.0 Å². The highest BCUT2D eigenvalue weighted by atomic mass is 32.2. The summed E-state index contributed by atoms with van der Waals surface area (Å²) < 4.78 is 28.0. The van der Waals surface area contributed by atoms with Gasteiger partial charge in [0.05, 0.1) is 15.9 Å². The van der Waals surface area contributed by atoms with Crippen molar-refractivity contribution in [3.8, 4) is 0 Å². The number of para-hydroxylation sites is 2. The molecule has 0 saturated carbocycles. The van der Waals surface area contributed by atoms with Crippen molar-refractivity contribution in [1.82, 2.24) is 14.0 Å². The standard InChI is InChI=1S/C18H20N4O3S/c1-13(2)21(3)26(24,25)15-8-6-7-14(11-15)18(23)20-22-12-19-16-9-4-5-10-17(16)22/h4-13H,1-3H3,(H,20,23). The van der Waals surface area contributed by atoms with Crippen molar-refractivity contribution in [3.63, 3.8) is 0 Å². The van der Waals surface area contributed by atoms with E-state index in [1.54, 1.807) is 26.0 Å². The number of hydrogen-bond acceptors (Lipinski definition) is 4. The number of carbonyl (C=O) groups excluding carboxylic acids is 1. The van der Waals surface area contributed by atoms with Crippen LogP contribution in [0.1, 0.15) is 24.2 Å². The van der Waals surface area contributed by atoms with E-state index in [4.69, 9.17) is 0 Å². The molecule has 0 unspecified atom stereocenters. The van der Waals surface area contributed by atoms with Gasteiger partial charge in [-0.25, -0.2) is 18.1 Å². The SMILES string of the molecule is CC(C)N(C)S(=O)(=O)c1cccc(C(=O)Nn2cnc3ccccc32)c1. The molecular formula is C18H20N4O3S. The molecule has 1 heterocycles. The van der Waals surface area contributed by atoms with E-state index in [9.17, 15) is 13.2 Å². The molecule has 1 N–H and O–H groups in total. The van der Waals surface area contributed by atoms with E-state index >= 15 is 0 Å². The number of nitrogens with one attached hydrogen (secondary N) is 1. The molecule has 136 valence electrons. The van der Waals surface area contributed by atoms with Gasteiger partial charge < -0.3 is 0 Å². The molecule has 0 atom stereocenters. The lowest BCUT2D eigenvalue weighted by Gasteiger charge is -2.21. The third-order valence-electron chi connectivity index (χ3n) is 4.18. The second-order valence-corrected chi connectivity index (χ2v) is 8.18. The van der Waals surface area contributed by atoms with Crippen LogP contribution >= 0.6 is 0 Å². The third-order valence-corrected chi connectivity index (χ3v) is 6.21. The van der Waals surface area contributed by atoms with Gasteiger partial charge in [-0.2, -0.15) is 4.31 Å². The molecule has 0 bridgehead atoms. The van der Waals surface area contributed by atoms with Crippen LogP contribution in [0, 0.1) is 0 Å². The highest BCUT2D eigenvalue weighted by Gasteiger charge is 2.24. The molecule has 0 aliphatic heterocycles. The Bertz CT molecular complexity index is 1060. The van der Waals surface area contributed by atoms with Crippen molar-refractivity contribution in [1.29, 1.82) is 0 Å². The minimum Gasteiger partial charge on any atom is -0.267 e. The van der Waals surface area contributed by atoms with Gasteiger partial charge in [0, 0.05) is 18.7 Å². The van der Waals surface area contributed by atoms with Gasteiger partial charge in [-0.05, 0) is 44.2 Å². The number of fused-ring (bicyclic) bond motifs is 1. The first-order valence-electron chi connectivity index (χ1n) is 8.12. The average Bonchev–Trinajstić information content (AvgIpc) is 3.04. The monoisotopic (exact) mass is 372 g/mol. The summed E-state index contributed by atoms with van der Waals surface area (Å²) in [5.41, 5.74) is 4.48. The minimum atomic E-state index is -3.66. The van der Waals surface area contributed by atoms with E-state index < -0.39 is 15.9 Å². The molecule has 0 spiro atoms. The van der Waals surface area contributed by atoms with Crippen molar-refractivity contribution in [3.05, 3.63) is 60.4 Å². The summed E-state index contributed by atoms with van der Waals surface area (Å²) in [6.07, 6.45) is 1.51.